The molecule has 2 nitrogen and oxygen atoms in total. The van der Waals surface area contributed by atoms with Crippen LogP contribution in [0.1, 0.15) is 24.1 Å². The van der Waals surface area contributed by atoms with Gasteiger partial charge < -0.3 is 4.90 Å². The Hall–Kier alpha value is -0.658. The molecule has 1 aromatic rings. The zero-order valence-electron chi connectivity index (χ0n) is 8.50. The summed E-state index contributed by atoms with van der Waals surface area (Å²) in [6.07, 6.45) is -0.537. The maximum atomic E-state index is 12.7. The van der Waals surface area contributed by atoms with E-state index >= 15 is 0 Å². The van der Waals surface area contributed by atoms with Crippen LogP contribution in [-0.2, 0) is 6.42 Å². The average molecular weight is 224 g/mol. The van der Waals surface area contributed by atoms with Gasteiger partial charge in [-0.25, -0.2) is 8.78 Å². The number of alkyl halides is 2. The fourth-order valence-electron chi connectivity index (χ4n) is 1.87. The number of aromatic nitrogens is 1. The van der Waals surface area contributed by atoms with Crippen molar-refractivity contribution in [2.24, 2.45) is 0 Å². The third-order valence-corrected chi connectivity index (χ3v) is 3.15. The summed E-state index contributed by atoms with van der Waals surface area (Å²) >= 11 is 2.29. The summed E-state index contributed by atoms with van der Waals surface area (Å²) in [5.41, 5.74) is 1.80. The van der Waals surface area contributed by atoms with Crippen molar-refractivity contribution in [1.82, 2.24) is 4.98 Å². The zero-order valence-corrected chi connectivity index (χ0v) is 9.66. The van der Waals surface area contributed by atoms with Crippen LogP contribution in [-0.4, -0.2) is 34.9 Å². The third kappa shape index (κ3) is 1.99. The van der Waals surface area contributed by atoms with E-state index in [0.29, 0.717) is 4.56 Å². The van der Waals surface area contributed by atoms with Gasteiger partial charge in [-0.1, -0.05) is 4.56 Å². The highest BCUT2D eigenvalue weighted by Gasteiger charge is 2.19. The molecular formula is C10H11AlF2N2. The smallest absolute Gasteiger partial charge is 0.264 e. The van der Waals surface area contributed by atoms with Crippen LogP contribution in [0.2, 0.25) is 0 Å². The maximum absolute atomic E-state index is 12.7. The first-order valence-corrected chi connectivity index (χ1v) is 5.46. The Labute approximate surface area is 95.7 Å². The van der Waals surface area contributed by atoms with Crippen LogP contribution in [0.5, 0.6) is 0 Å². The van der Waals surface area contributed by atoms with E-state index in [0.717, 1.165) is 30.8 Å². The number of pyridine rings is 1. The Balaban J connectivity index is 2.50. The molecule has 0 spiro atoms. The first kappa shape index (κ1) is 10.8. The minimum atomic E-state index is -2.45. The summed E-state index contributed by atoms with van der Waals surface area (Å²) in [5, 5.41) is 0. The van der Waals surface area contributed by atoms with E-state index in [1.54, 1.807) is 6.07 Å². The van der Waals surface area contributed by atoms with E-state index in [9.17, 15) is 8.78 Å². The molecule has 1 aliphatic rings. The van der Waals surface area contributed by atoms with Crippen molar-refractivity contribution < 1.29 is 8.78 Å². The van der Waals surface area contributed by atoms with E-state index < -0.39 is 6.43 Å². The number of nitrogens with zero attached hydrogens (tertiary/aromatic N) is 2. The molecule has 0 aromatic carbocycles. The van der Waals surface area contributed by atoms with Crippen molar-refractivity contribution in [1.29, 1.82) is 0 Å². The van der Waals surface area contributed by atoms with Crippen LogP contribution in [0, 0.1) is 0 Å². The molecule has 0 saturated heterocycles. The standard InChI is InChI=1S/C10H11F2N2.Al/c1-14-4-2-3-8-9(14)5-7(6-13-8)10(11)12;/h5,10H,2-4H2,1H3;. The topological polar surface area (TPSA) is 16.1 Å². The van der Waals surface area contributed by atoms with Gasteiger partial charge >= 0.3 is 0 Å². The van der Waals surface area contributed by atoms with Crippen LogP contribution >= 0.6 is 0 Å². The van der Waals surface area contributed by atoms with Crippen LogP contribution in [0.25, 0.3) is 0 Å². The summed E-state index contributed by atoms with van der Waals surface area (Å²) in [6, 6.07) is 1.56. The molecule has 0 N–H and O–H groups in total. The van der Waals surface area contributed by atoms with E-state index in [1.807, 2.05) is 11.9 Å². The molecule has 0 bridgehead atoms. The number of anilines is 1. The Morgan fingerprint density at radius 3 is 2.93 bits per heavy atom. The molecule has 2 heterocycles. The molecule has 0 amide bonds. The highest BCUT2D eigenvalue weighted by atomic mass is 27.0. The summed E-state index contributed by atoms with van der Waals surface area (Å²) in [5.74, 6) is 0. The van der Waals surface area contributed by atoms with Gasteiger partial charge in [0.25, 0.3) is 6.43 Å². The molecule has 2 radical (unpaired) electrons. The molecule has 78 valence electrons. The van der Waals surface area contributed by atoms with Gasteiger partial charge in [-0.05, 0) is 18.9 Å². The van der Waals surface area contributed by atoms with Crippen LogP contribution in [0.3, 0.4) is 0 Å². The first-order valence-electron chi connectivity index (χ1n) is 4.88. The second-order valence-corrected chi connectivity index (χ2v) is 4.30. The quantitative estimate of drug-likeness (QED) is 0.666. The second kappa shape index (κ2) is 4.07. The summed E-state index contributed by atoms with van der Waals surface area (Å²) in [7, 11) is 1.91. The predicted octanol–water partition coefficient (Wildman–Crippen LogP) is 1.20. The van der Waals surface area contributed by atoms with Crippen molar-refractivity contribution in [3.8, 4) is 0 Å². The molecular weight excluding hydrogens is 213 g/mol. The van der Waals surface area contributed by atoms with Crippen LogP contribution < -0.4 is 9.46 Å². The number of rotatable bonds is 1. The molecule has 1 aromatic heterocycles. The zero-order chi connectivity index (χ0) is 11.0. The molecule has 0 fully saturated rings. The molecule has 0 unspecified atom stereocenters. The lowest BCUT2D eigenvalue weighted by molar-refractivity contribution is 0.152. The van der Waals surface area contributed by atoms with E-state index in [1.165, 1.54) is 0 Å². The Morgan fingerprint density at radius 1 is 1.53 bits per heavy atom. The number of aryl methyl sites for hydroxylation is 1. The van der Waals surface area contributed by atoms with E-state index in [4.69, 9.17) is 0 Å². The van der Waals surface area contributed by atoms with Gasteiger partial charge in [-0.15, -0.1) is 0 Å². The van der Waals surface area contributed by atoms with Gasteiger partial charge in [0.15, 0.2) is 0 Å². The van der Waals surface area contributed by atoms with Crippen molar-refractivity contribution in [2.45, 2.75) is 19.3 Å². The number of halogens is 2. The molecule has 2 rings (SSSR count). The molecule has 15 heavy (non-hydrogen) atoms. The van der Waals surface area contributed by atoms with Crippen molar-refractivity contribution in [2.75, 3.05) is 18.5 Å². The maximum Gasteiger partial charge on any atom is 0.264 e. The third-order valence-electron chi connectivity index (χ3n) is 2.69. The first-order chi connectivity index (χ1) is 7.09. The van der Waals surface area contributed by atoms with Crippen LogP contribution in [0.4, 0.5) is 14.5 Å². The van der Waals surface area contributed by atoms with Gasteiger partial charge in [0, 0.05) is 19.2 Å². The van der Waals surface area contributed by atoms with Crippen molar-refractivity contribution in [3.63, 3.8) is 0 Å². The monoisotopic (exact) mass is 224 g/mol. The largest absolute Gasteiger partial charge is 0.373 e. The SMILES string of the molecule is CN1CCCc2n[c]([Al])c(C(F)F)cc21. The normalized spacial score (nSPS) is 15.6. The van der Waals surface area contributed by atoms with Gasteiger partial charge in [0.2, 0.25) is 16.3 Å². The fraction of sp³-hybridized carbons (Fsp3) is 0.500. The number of fused-ring (bicyclic) bond motifs is 1. The second-order valence-electron chi connectivity index (χ2n) is 3.75. The number of hydrogen-bond acceptors (Lipinski definition) is 2. The van der Waals surface area contributed by atoms with Gasteiger partial charge in [0.05, 0.1) is 11.4 Å². The molecule has 0 aliphatic carbocycles. The van der Waals surface area contributed by atoms with Crippen LogP contribution in [0.15, 0.2) is 6.07 Å². The molecule has 0 atom stereocenters. The molecule has 0 saturated carbocycles. The molecule has 5 heteroatoms. The van der Waals surface area contributed by atoms with Gasteiger partial charge in [-0.2, -0.15) is 0 Å². The Kier molecular flexibility index (Phi) is 2.94. The van der Waals surface area contributed by atoms with Crippen molar-refractivity contribution >= 4 is 26.5 Å². The van der Waals surface area contributed by atoms with E-state index in [2.05, 4.69) is 21.3 Å². The minimum absolute atomic E-state index is 0.0208. The van der Waals surface area contributed by atoms with Gasteiger partial charge in [0.1, 0.15) is 0 Å². The van der Waals surface area contributed by atoms with E-state index in [-0.39, 0.29) is 5.56 Å². The summed E-state index contributed by atoms with van der Waals surface area (Å²) in [6.45, 7) is 0.910. The lowest BCUT2D eigenvalue weighted by Gasteiger charge is -2.28. The minimum Gasteiger partial charge on any atom is -0.373 e. The lowest BCUT2D eigenvalue weighted by Crippen LogP contribution is -2.29. The Bertz CT molecular complexity index is 382. The fourth-order valence-corrected chi connectivity index (χ4v) is 2.23. The highest BCUT2D eigenvalue weighted by Crippen LogP contribution is 2.27. The summed E-state index contributed by atoms with van der Waals surface area (Å²) < 4.78 is 25.7. The van der Waals surface area contributed by atoms with Gasteiger partial charge in [-0.3, -0.25) is 4.98 Å². The summed E-state index contributed by atoms with van der Waals surface area (Å²) in [4.78, 5) is 6.21. The van der Waals surface area contributed by atoms with Crippen molar-refractivity contribution in [3.05, 3.63) is 17.3 Å². The average Bonchev–Trinajstić information content (AvgIpc) is 2.16. The molecule has 1 aliphatic heterocycles. The highest BCUT2D eigenvalue weighted by molar-refractivity contribution is 6.31. The lowest BCUT2D eigenvalue weighted by atomic mass is 10.1. The Morgan fingerprint density at radius 2 is 2.27 bits per heavy atom. The number of hydrogen-bond donors (Lipinski definition) is 0. The predicted molar refractivity (Wildman–Crippen MR) is 56.2 cm³/mol.